The normalized spacial score (nSPS) is 28.9. The number of nitrogens with two attached hydrogens (primary N) is 1. The van der Waals surface area contributed by atoms with Crippen molar-refractivity contribution in [2.45, 2.75) is 121 Å². The summed E-state index contributed by atoms with van der Waals surface area (Å²) in [5.41, 5.74) is 4.92. The summed E-state index contributed by atoms with van der Waals surface area (Å²) >= 11 is 0. The van der Waals surface area contributed by atoms with Crippen LogP contribution < -0.4 is 16.4 Å². The molecule has 5 amide bonds. The number of hydrogen-bond acceptors (Lipinski definition) is 7. The van der Waals surface area contributed by atoms with Gasteiger partial charge in [-0.3, -0.25) is 19.3 Å². The topological polar surface area (TPSA) is 160 Å². The van der Waals surface area contributed by atoms with E-state index >= 15 is 0 Å². The number of benzene rings is 1. The van der Waals surface area contributed by atoms with Crippen molar-refractivity contribution in [1.82, 2.24) is 20.4 Å². The Labute approximate surface area is 262 Å². The Kier molecular flexibility index (Phi) is 9.27. The van der Waals surface area contributed by atoms with Crippen LogP contribution in [0.2, 0.25) is 0 Å². The van der Waals surface area contributed by atoms with Gasteiger partial charge in [-0.25, -0.2) is 14.0 Å². The van der Waals surface area contributed by atoms with Crippen LogP contribution in [0.1, 0.15) is 89.7 Å². The van der Waals surface area contributed by atoms with Gasteiger partial charge >= 0.3 is 12.2 Å². The molecule has 0 unspecified atom stereocenters. The minimum absolute atomic E-state index is 0.0167. The Morgan fingerprint density at radius 1 is 1.07 bits per heavy atom. The zero-order chi connectivity index (χ0) is 32.5. The van der Waals surface area contributed by atoms with Gasteiger partial charge in [0, 0.05) is 18.5 Å². The van der Waals surface area contributed by atoms with E-state index in [-0.39, 0.29) is 32.0 Å². The first-order chi connectivity index (χ1) is 21.3. The van der Waals surface area contributed by atoms with E-state index in [0.717, 1.165) is 32.1 Å². The van der Waals surface area contributed by atoms with Crippen LogP contribution in [0.15, 0.2) is 18.2 Å². The molecule has 3 heterocycles. The summed E-state index contributed by atoms with van der Waals surface area (Å²) in [5.74, 6) is -2.17. The highest BCUT2D eigenvalue weighted by Crippen LogP contribution is 2.47. The maximum atomic E-state index is 14.3. The predicted octanol–water partition coefficient (Wildman–Crippen LogP) is 3.25. The van der Waals surface area contributed by atoms with Gasteiger partial charge in [0.1, 0.15) is 35.1 Å². The zero-order valence-corrected chi connectivity index (χ0v) is 26.2. The number of ether oxygens (including phenoxy) is 2. The van der Waals surface area contributed by atoms with Crippen LogP contribution in [0.4, 0.5) is 14.0 Å². The third-order valence-electron chi connectivity index (χ3n) is 9.23. The van der Waals surface area contributed by atoms with Crippen LogP contribution >= 0.6 is 0 Å². The smallest absolute Gasteiger partial charge is 0.410 e. The van der Waals surface area contributed by atoms with Crippen LogP contribution in [0.5, 0.6) is 0 Å². The van der Waals surface area contributed by atoms with Crippen molar-refractivity contribution < 1.29 is 37.8 Å². The molecule has 1 aromatic rings. The molecule has 12 nitrogen and oxygen atoms in total. The molecular weight excluding hydrogens is 585 g/mol. The van der Waals surface area contributed by atoms with E-state index in [1.807, 2.05) is 0 Å². The number of nitrogens with one attached hydrogen (secondary N) is 2. The lowest BCUT2D eigenvalue weighted by Crippen LogP contribution is -2.57. The number of rotatable bonds is 3. The minimum atomic E-state index is -1.18. The van der Waals surface area contributed by atoms with Crippen molar-refractivity contribution in [2.24, 2.45) is 11.7 Å². The number of carbonyl (C=O) groups is 5. The van der Waals surface area contributed by atoms with Crippen LogP contribution in [-0.2, 0) is 36.9 Å². The van der Waals surface area contributed by atoms with E-state index < -0.39 is 65.1 Å². The minimum Gasteiger partial charge on any atom is -0.444 e. The average molecular weight is 630 g/mol. The fourth-order valence-corrected chi connectivity index (χ4v) is 6.78. The molecule has 5 rings (SSSR count). The lowest BCUT2D eigenvalue weighted by Gasteiger charge is -2.30. The van der Waals surface area contributed by atoms with E-state index in [9.17, 15) is 28.4 Å². The van der Waals surface area contributed by atoms with Gasteiger partial charge in [0.2, 0.25) is 17.7 Å². The fourth-order valence-electron chi connectivity index (χ4n) is 6.78. The Morgan fingerprint density at radius 2 is 1.78 bits per heavy atom. The molecule has 1 saturated carbocycles. The lowest BCUT2D eigenvalue weighted by atomic mass is 10.0. The first kappa shape index (κ1) is 32.5. The highest BCUT2D eigenvalue weighted by molar-refractivity contribution is 5.97. The van der Waals surface area contributed by atoms with Crippen molar-refractivity contribution in [2.75, 3.05) is 6.54 Å². The summed E-state index contributed by atoms with van der Waals surface area (Å²) in [5, 5.41) is 5.54. The monoisotopic (exact) mass is 629 g/mol. The summed E-state index contributed by atoms with van der Waals surface area (Å²) in [6.45, 7) is 5.28. The quantitative estimate of drug-likeness (QED) is 0.463. The summed E-state index contributed by atoms with van der Waals surface area (Å²) in [6, 6.07) is 2.61. The second-order valence-electron chi connectivity index (χ2n) is 13.8. The van der Waals surface area contributed by atoms with Crippen molar-refractivity contribution in [3.63, 3.8) is 0 Å². The van der Waals surface area contributed by atoms with Gasteiger partial charge in [0.05, 0.1) is 13.1 Å². The van der Waals surface area contributed by atoms with Gasteiger partial charge in [-0.2, -0.15) is 0 Å². The average Bonchev–Trinajstić information content (AvgIpc) is 3.27. The van der Waals surface area contributed by atoms with Crippen molar-refractivity contribution in [3.8, 4) is 0 Å². The second kappa shape index (κ2) is 12.8. The predicted molar refractivity (Wildman–Crippen MR) is 160 cm³/mol. The van der Waals surface area contributed by atoms with Gasteiger partial charge in [0.25, 0.3) is 0 Å². The molecule has 4 aliphatic rings. The van der Waals surface area contributed by atoms with Crippen molar-refractivity contribution >= 4 is 29.9 Å². The van der Waals surface area contributed by atoms with Crippen molar-refractivity contribution in [3.05, 3.63) is 35.1 Å². The highest BCUT2D eigenvalue weighted by Gasteiger charge is 2.60. The molecule has 1 aromatic carbocycles. The SMILES string of the molecule is CC(C)(C)OC(=O)N[C@H]1CCCCCCC[C@@H]2C[C@@]2(C(N)=O)NC(=O)[C@@H]2C[C@@H](OC(=O)N3Cc4cccc(F)c4C3)CN2C1=O. The maximum Gasteiger partial charge on any atom is 0.410 e. The number of alkyl carbamates (subject to hydrolysis) is 1. The molecule has 246 valence electrons. The van der Waals surface area contributed by atoms with Gasteiger partial charge in [-0.05, 0) is 57.6 Å². The third kappa shape index (κ3) is 7.33. The number of primary amides is 1. The Morgan fingerprint density at radius 3 is 2.47 bits per heavy atom. The Balaban J connectivity index is 1.36. The first-order valence-corrected chi connectivity index (χ1v) is 15.9. The number of nitrogens with zero attached hydrogens (tertiary/aromatic N) is 2. The van der Waals surface area contributed by atoms with Gasteiger partial charge in [-0.15, -0.1) is 0 Å². The lowest BCUT2D eigenvalue weighted by molar-refractivity contribution is -0.141. The van der Waals surface area contributed by atoms with E-state index in [0.29, 0.717) is 30.4 Å². The van der Waals surface area contributed by atoms with Gasteiger partial charge in [-0.1, -0.05) is 44.2 Å². The summed E-state index contributed by atoms with van der Waals surface area (Å²) < 4.78 is 25.5. The molecule has 0 aromatic heterocycles. The van der Waals surface area contributed by atoms with E-state index in [2.05, 4.69) is 10.6 Å². The molecule has 0 spiro atoms. The van der Waals surface area contributed by atoms with Gasteiger partial charge < -0.3 is 30.7 Å². The largest absolute Gasteiger partial charge is 0.444 e. The number of carbonyl (C=O) groups excluding carboxylic acids is 5. The molecular formula is C32H44FN5O7. The summed E-state index contributed by atoms with van der Waals surface area (Å²) in [4.78, 5) is 69.0. The molecule has 5 atom stereocenters. The Hall–Kier alpha value is -3.90. The van der Waals surface area contributed by atoms with E-state index in [1.165, 1.54) is 15.9 Å². The molecule has 4 N–H and O–H groups in total. The van der Waals surface area contributed by atoms with Crippen LogP contribution in [-0.4, -0.2) is 75.6 Å². The maximum absolute atomic E-state index is 14.3. The van der Waals surface area contributed by atoms with Crippen LogP contribution in [0, 0.1) is 11.7 Å². The summed E-state index contributed by atoms with van der Waals surface area (Å²) in [7, 11) is 0. The molecule has 0 radical (unpaired) electrons. The zero-order valence-electron chi connectivity index (χ0n) is 26.2. The Bertz CT molecular complexity index is 1350. The van der Waals surface area contributed by atoms with Gasteiger partial charge in [0.15, 0.2) is 0 Å². The number of amides is 5. The first-order valence-electron chi connectivity index (χ1n) is 15.9. The molecule has 1 aliphatic carbocycles. The number of fused-ring (bicyclic) bond motifs is 3. The molecule has 13 heteroatoms. The number of hydrogen-bond donors (Lipinski definition) is 3. The van der Waals surface area contributed by atoms with Crippen molar-refractivity contribution in [1.29, 1.82) is 0 Å². The molecule has 2 saturated heterocycles. The number of halogens is 1. The third-order valence-corrected chi connectivity index (χ3v) is 9.23. The molecule has 0 bridgehead atoms. The second-order valence-corrected chi connectivity index (χ2v) is 13.8. The molecule has 45 heavy (non-hydrogen) atoms. The van der Waals surface area contributed by atoms with E-state index in [1.54, 1.807) is 32.9 Å². The highest BCUT2D eigenvalue weighted by atomic mass is 19.1. The van der Waals surface area contributed by atoms with Crippen LogP contribution in [0.3, 0.4) is 0 Å². The van der Waals surface area contributed by atoms with E-state index in [4.69, 9.17) is 15.2 Å². The molecule has 3 aliphatic heterocycles. The fraction of sp³-hybridized carbons (Fsp3) is 0.656. The van der Waals surface area contributed by atoms with Crippen LogP contribution in [0.25, 0.3) is 0 Å². The molecule has 3 fully saturated rings. The standard InChI is InChI=1S/C32H44FN5O7/c1-31(2,3)45-29(42)35-24-13-8-6-4-5-7-11-20-15-32(20,28(34)41)36-26(39)25-14-21(17-38(25)27(24)40)44-30(43)37-16-19-10-9-12-23(33)22(19)18-37/h9-10,12,20-21,24-25H,4-8,11,13-18H2,1-3H3,(H2,34,41)(H,35,42)(H,36,39)/t20-,21-,24+,25+,32-/m1/s1. The summed E-state index contributed by atoms with van der Waals surface area (Å²) in [6.07, 6.45) is 3.44.